The third-order valence-electron chi connectivity index (χ3n) is 3.85. The minimum atomic E-state index is -0.857. The standard InChI is InChI=1S/C19H31NO2S/c1-2-3-4-5-6-7-8-9-10-11-12-13-16-20-18-15-14-17(23-18)19(21)22/h12-15,20H,2-11,16H2,1H3,(H,21,22). The fourth-order valence-corrected chi connectivity index (χ4v) is 3.23. The van der Waals surface area contributed by atoms with Crippen LogP contribution in [0.5, 0.6) is 0 Å². The highest BCUT2D eigenvalue weighted by Crippen LogP contribution is 2.21. The number of hydrogen-bond donors (Lipinski definition) is 2. The number of allylic oxidation sites excluding steroid dienone is 1. The van der Waals surface area contributed by atoms with Crippen LogP contribution in [0, 0.1) is 0 Å². The van der Waals surface area contributed by atoms with Gasteiger partial charge in [0.1, 0.15) is 4.88 Å². The van der Waals surface area contributed by atoms with Gasteiger partial charge in [-0.1, -0.05) is 70.4 Å². The summed E-state index contributed by atoms with van der Waals surface area (Å²) in [5.41, 5.74) is 0. The molecule has 0 spiro atoms. The van der Waals surface area contributed by atoms with Crippen molar-refractivity contribution in [2.45, 2.75) is 71.1 Å². The lowest BCUT2D eigenvalue weighted by atomic mass is 10.1. The first kappa shape index (κ1) is 19.8. The Hall–Kier alpha value is -1.29. The maximum atomic E-state index is 10.8. The molecule has 0 aromatic carbocycles. The largest absolute Gasteiger partial charge is 0.477 e. The van der Waals surface area contributed by atoms with Gasteiger partial charge in [-0.3, -0.25) is 0 Å². The van der Waals surface area contributed by atoms with Crippen molar-refractivity contribution < 1.29 is 9.90 Å². The maximum absolute atomic E-state index is 10.8. The molecule has 130 valence electrons. The number of aromatic carboxylic acids is 1. The molecule has 0 radical (unpaired) electrons. The summed E-state index contributed by atoms with van der Waals surface area (Å²) in [5.74, 6) is -0.857. The second-order valence-electron chi connectivity index (χ2n) is 5.94. The Kier molecular flexibility index (Phi) is 11.3. The first-order valence-corrected chi connectivity index (χ1v) is 9.77. The van der Waals surface area contributed by atoms with Gasteiger partial charge in [0, 0.05) is 6.54 Å². The Balaban J connectivity index is 1.91. The van der Waals surface area contributed by atoms with E-state index in [0.717, 1.165) is 18.0 Å². The molecule has 0 saturated carbocycles. The van der Waals surface area contributed by atoms with E-state index in [1.165, 1.54) is 69.1 Å². The van der Waals surface area contributed by atoms with Crippen molar-refractivity contribution in [2.75, 3.05) is 11.9 Å². The Labute approximate surface area is 144 Å². The van der Waals surface area contributed by atoms with E-state index in [0.29, 0.717) is 4.88 Å². The molecule has 1 rings (SSSR count). The van der Waals surface area contributed by atoms with Gasteiger partial charge in [0.2, 0.25) is 0 Å². The molecule has 0 aliphatic rings. The second-order valence-corrected chi connectivity index (χ2v) is 7.02. The van der Waals surface area contributed by atoms with E-state index < -0.39 is 5.97 Å². The number of thiophene rings is 1. The van der Waals surface area contributed by atoms with Crippen LogP contribution in [0.3, 0.4) is 0 Å². The molecule has 0 unspecified atom stereocenters. The molecule has 0 aliphatic carbocycles. The van der Waals surface area contributed by atoms with Gasteiger partial charge in [0.15, 0.2) is 0 Å². The molecule has 4 heteroatoms. The van der Waals surface area contributed by atoms with E-state index >= 15 is 0 Å². The monoisotopic (exact) mass is 337 g/mol. The van der Waals surface area contributed by atoms with Gasteiger partial charge < -0.3 is 10.4 Å². The van der Waals surface area contributed by atoms with Crippen molar-refractivity contribution in [1.82, 2.24) is 0 Å². The molecule has 0 atom stereocenters. The van der Waals surface area contributed by atoms with E-state index in [1.807, 2.05) is 6.07 Å². The van der Waals surface area contributed by atoms with Crippen LogP contribution in [-0.2, 0) is 0 Å². The Morgan fingerprint density at radius 3 is 2.30 bits per heavy atom. The lowest BCUT2D eigenvalue weighted by Crippen LogP contribution is -1.95. The summed E-state index contributed by atoms with van der Waals surface area (Å²) in [5, 5.41) is 13.0. The van der Waals surface area contributed by atoms with E-state index in [1.54, 1.807) is 6.07 Å². The molecule has 2 N–H and O–H groups in total. The van der Waals surface area contributed by atoms with E-state index in [2.05, 4.69) is 24.4 Å². The Morgan fingerprint density at radius 1 is 1.04 bits per heavy atom. The topological polar surface area (TPSA) is 49.3 Å². The van der Waals surface area contributed by atoms with Gasteiger partial charge in [-0.2, -0.15) is 0 Å². The number of carboxylic acid groups (broad SMARTS) is 1. The number of unbranched alkanes of at least 4 members (excludes halogenated alkanes) is 9. The van der Waals surface area contributed by atoms with Gasteiger partial charge in [-0.05, 0) is 25.0 Å². The van der Waals surface area contributed by atoms with Crippen LogP contribution in [0.25, 0.3) is 0 Å². The molecule has 3 nitrogen and oxygen atoms in total. The highest BCUT2D eigenvalue weighted by Gasteiger charge is 2.05. The summed E-state index contributed by atoms with van der Waals surface area (Å²) in [7, 11) is 0. The number of carboxylic acids is 1. The summed E-state index contributed by atoms with van der Waals surface area (Å²) in [6.07, 6.45) is 17.8. The number of rotatable bonds is 14. The van der Waals surface area contributed by atoms with Crippen LogP contribution in [0.15, 0.2) is 24.3 Å². The third kappa shape index (κ3) is 10.2. The fraction of sp³-hybridized carbons (Fsp3) is 0.632. The molecule has 0 aliphatic heterocycles. The van der Waals surface area contributed by atoms with Crippen LogP contribution < -0.4 is 5.32 Å². The van der Waals surface area contributed by atoms with Gasteiger partial charge in [0.05, 0.1) is 5.00 Å². The highest BCUT2D eigenvalue weighted by atomic mass is 32.1. The molecule has 1 aromatic rings. The molecule has 0 fully saturated rings. The summed E-state index contributed by atoms with van der Waals surface area (Å²) in [6.45, 7) is 3.02. The van der Waals surface area contributed by atoms with Crippen LogP contribution in [-0.4, -0.2) is 17.6 Å². The lowest BCUT2D eigenvalue weighted by molar-refractivity contribution is 0.0702. The summed E-state index contributed by atoms with van der Waals surface area (Å²) >= 11 is 1.28. The van der Waals surface area contributed by atoms with E-state index in [-0.39, 0.29) is 0 Å². The van der Waals surface area contributed by atoms with Crippen LogP contribution >= 0.6 is 11.3 Å². The zero-order chi connectivity index (χ0) is 16.8. The molecular weight excluding hydrogens is 306 g/mol. The summed E-state index contributed by atoms with van der Waals surface area (Å²) in [6, 6.07) is 3.46. The Bertz CT molecular complexity index is 454. The molecule has 0 saturated heterocycles. The lowest BCUT2D eigenvalue weighted by Gasteiger charge is -2.01. The predicted molar refractivity (Wildman–Crippen MR) is 101 cm³/mol. The first-order valence-electron chi connectivity index (χ1n) is 8.96. The van der Waals surface area contributed by atoms with Crippen molar-refractivity contribution in [3.05, 3.63) is 29.2 Å². The van der Waals surface area contributed by atoms with E-state index in [4.69, 9.17) is 5.11 Å². The quantitative estimate of drug-likeness (QED) is 0.308. The first-order chi connectivity index (χ1) is 11.2. The molecule has 0 amide bonds. The third-order valence-corrected chi connectivity index (χ3v) is 4.88. The van der Waals surface area contributed by atoms with Crippen LogP contribution in [0.1, 0.15) is 80.8 Å². The molecule has 1 heterocycles. The van der Waals surface area contributed by atoms with Gasteiger partial charge in [0.25, 0.3) is 0 Å². The Morgan fingerprint density at radius 2 is 1.70 bits per heavy atom. The minimum Gasteiger partial charge on any atom is -0.477 e. The fourth-order valence-electron chi connectivity index (χ4n) is 2.48. The van der Waals surface area contributed by atoms with Crippen molar-refractivity contribution in [1.29, 1.82) is 0 Å². The second kappa shape index (κ2) is 13.2. The number of anilines is 1. The SMILES string of the molecule is CCCCCCCCCCCC=CCNc1ccc(C(=O)O)s1. The van der Waals surface area contributed by atoms with E-state index in [9.17, 15) is 4.79 Å². The number of nitrogens with one attached hydrogen (secondary N) is 1. The van der Waals surface area contributed by atoms with Gasteiger partial charge >= 0.3 is 5.97 Å². The maximum Gasteiger partial charge on any atom is 0.345 e. The molecule has 0 bridgehead atoms. The van der Waals surface area contributed by atoms with Crippen molar-refractivity contribution in [3.8, 4) is 0 Å². The molecule has 1 aromatic heterocycles. The van der Waals surface area contributed by atoms with Crippen molar-refractivity contribution in [2.24, 2.45) is 0 Å². The highest BCUT2D eigenvalue weighted by molar-refractivity contribution is 7.17. The smallest absolute Gasteiger partial charge is 0.345 e. The van der Waals surface area contributed by atoms with Crippen molar-refractivity contribution >= 4 is 22.3 Å². The normalized spacial score (nSPS) is 11.2. The predicted octanol–water partition coefficient (Wildman–Crippen LogP) is 6.34. The van der Waals surface area contributed by atoms with Crippen LogP contribution in [0.2, 0.25) is 0 Å². The van der Waals surface area contributed by atoms with Crippen LogP contribution in [0.4, 0.5) is 5.00 Å². The average Bonchev–Trinajstić information content (AvgIpc) is 3.01. The van der Waals surface area contributed by atoms with Gasteiger partial charge in [-0.15, -0.1) is 11.3 Å². The zero-order valence-electron chi connectivity index (χ0n) is 14.4. The zero-order valence-corrected chi connectivity index (χ0v) is 15.2. The number of hydrogen-bond acceptors (Lipinski definition) is 3. The molecule has 23 heavy (non-hydrogen) atoms. The van der Waals surface area contributed by atoms with Gasteiger partial charge in [-0.25, -0.2) is 4.79 Å². The summed E-state index contributed by atoms with van der Waals surface area (Å²) < 4.78 is 0. The summed E-state index contributed by atoms with van der Waals surface area (Å²) in [4.78, 5) is 11.2. The molecular formula is C19H31NO2S. The average molecular weight is 338 g/mol. The number of carbonyl (C=O) groups is 1. The van der Waals surface area contributed by atoms with Crippen molar-refractivity contribution in [3.63, 3.8) is 0 Å². The minimum absolute atomic E-state index is 0.381.